The maximum absolute atomic E-state index is 10.4. The molecular formula is C23H28NO5P. The number of amides is 1. The molecular weight excluding hydrogens is 401 g/mol. The fourth-order valence-corrected chi connectivity index (χ4v) is 3.33. The lowest BCUT2D eigenvalue weighted by atomic mass is 10.0. The third kappa shape index (κ3) is 8.09. The number of fused-ring (bicyclic) bond motifs is 1. The maximum Gasteiger partial charge on any atom is 0.327 e. The number of hydrogen-bond donors (Lipinski definition) is 3. The monoisotopic (exact) mass is 429 g/mol. The zero-order valence-corrected chi connectivity index (χ0v) is 18.3. The number of methoxy groups -OCH3 is 1. The summed E-state index contributed by atoms with van der Waals surface area (Å²) in [7, 11) is -0.691. The quantitative estimate of drug-likeness (QED) is 0.372. The van der Waals surface area contributed by atoms with Crippen molar-refractivity contribution < 1.29 is 23.8 Å². The van der Waals surface area contributed by atoms with Gasteiger partial charge in [0.05, 0.1) is 19.8 Å². The van der Waals surface area contributed by atoms with E-state index >= 15 is 0 Å². The smallest absolute Gasteiger partial charge is 0.327 e. The van der Waals surface area contributed by atoms with Gasteiger partial charge < -0.3 is 24.4 Å². The van der Waals surface area contributed by atoms with Crippen molar-refractivity contribution in [3.63, 3.8) is 0 Å². The molecule has 3 aromatic carbocycles. The van der Waals surface area contributed by atoms with E-state index in [1.807, 2.05) is 37.3 Å². The molecule has 0 heterocycles. The molecule has 0 saturated heterocycles. The Morgan fingerprint density at radius 3 is 2.37 bits per heavy atom. The number of hydrogen-bond acceptors (Lipinski definition) is 5. The molecule has 0 spiro atoms. The Balaban J connectivity index is 0.000000220. The van der Waals surface area contributed by atoms with Crippen LogP contribution in [0.2, 0.25) is 0 Å². The van der Waals surface area contributed by atoms with Gasteiger partial charge in [-0.1, -0.05) is 59.7 Å². The molecule has 1 atom stereocenters. The normalized spacial score (nSPS) is 11.5. The molecule has 30 heavy (non-hydrogen) atoms. The predicted molar refractivity (Wildman–Crippen MR) is 120 cm³/mol. The van der Waals surface area contributed by atoms with Crippen LogP contribution in [0.1, 0.15) is 16.7 Å². The molecule has 3 aromatic rings. The molecule has 0 aliphatic heterocycles. The van der Waals surface area contributed by atoms with Gasteiger partial charge in [-0.2, -0.15) is 0 Å². The first-order valence-electron chi connectivity index (χ1n) is 9.51. The molecule has 0 aliphatic carbocycles. The Labute approximate surface area is 178 Å². The van der Waals surface area contributed by atoms with E-state index in [-0.39, 0.29) is 12.6 Å². The summed E-state index contributed by atoms with van der Waals surface area (Å²) in [6.07, 6.45) is 1.17. The SMILES string of the molecule is COc1ccc2cc(C)ccc2c1.Cc1cccc(CC(COP(O)O)NC=O)c1. The molecule has 0 aliphatic rings. The second-order valence-electron chi connectivity index (χ2n) is 6.94. The first-order valence-corrected chi connectivity index (χ1v) is 10.7. The highest BCUT2D eigenvalue weighted by atomic mass is 31.2. The minimum absolute atomic E-state index is 0.0748. The summed E-state index contributed by atoms with van der Waals surface area (Å²) in [5.74, 6) is 0.913. The molecule has 1 amide bonds. The Kier molecular flexibility index (Phi) is 9.71. The summed E-state index contributed by atoms with van der Waals surface area (Å²) >= 11 is 0. The van der Waals surface area contributed by atoms with Crippen molar-refractivity contribution in [3.05, 3.63) is 77.4 Å². The summed E-state index contributed by atoms with van der Waals surface area (Å²) in [5.41, 5.74) is 3.49. The maximum atomic E-state index is 10.4. The number of aryl methyl sites for hydroxylation is 2. The van der Waals surface area contributed by atoms with Crippen molar-refractivity contribution >= 4 is 25.8 Å². The van der Waals surface area contributed by atoms with E-state index in [0.717, 1.165) is 16.9 Å². The minimum Gasteiger partial charge on any atom is -0.497 e. The fourth-order valence-electron chi connectivity index (χ4n) is 3.01. The van der Waals surface area contributed by atoms with E-state index in [1.54, 1.807) is 7.11 Å². The van der Waals surface area contributed by atoms with Crippen molar-refractivity contribution in [1.29, 1.82) is 0 Å². The lowest BCUT2D eigenvalue weighted by molar-refractivity contribution is -0.110. The number of nitrogens with one attached hydrogen (secondary N) is 1. The van der Waals surface area contributed by atoms with Crippen LogP contribution < -0.4 is 10.1 Å². The second kappa shape index (κ2) is 12.3. The van der Waals surface area contributed by atoms with E-state index in [1.165, 1.54) is 16.3 Å². The molecule has 160 valence electrons. The molecule has 6 nitrogen and oxygen atoms in total. The largest absolute Gasteiger partial charge is 0.497 e. The highest BCUT2D eigenvalue weighted by molar-refractivity contribution is 7.39. The van der Waals surface area contributed by atoms with Crippen LogP contribution >= 0.6 is 8.60 Å². The van der Waals surface area contributed by atoms with E-state index in [4.69, 9.17) is 19.0 Å². The van der Waals surface area contributed by atoms with Crippen LogP contribution in [-0.2, 0) is 15.7 Å². The topological polar surface area (TPSA) is 88.0 Å². The average Bonchev–Trinajstić information content (AvgIpc) is 2.72. The third-order valence-corrected chi connectivity index (χ3v) is 4.84. The predicted octanol–water partition coefficient (Wildman–Crippen LogP) is 4.04. The standard InChI is InChI=1S/C12H12O.C11H16NO4P/c1-9-3-4-11-8-12(13-2)6-5-10(11)7-9;1-9-3-2-4-10(5-9)6-11(12-8-13)7-16-17(14)15/h3-8H,1-2H3;2-5,8,11,14-15H,6-7H2,1H3,(H,12,13). The summed E-state index contributed by atoms with van der Waals surface area (Å²) in [4.78, 5) is 27.8. The van der Waals surface area contributed by atoms with Gasteiger partial charge in [-0.15, -0.1) is 0 Å². The number of ether oxygens (including phenoxy) is 1. The number of rotatable bonds is 8. The van der Waals surface area contributed by atoms with Gasteiger partial charge >= 0.3 is 8.60 Å². The lowest BCUT2D eigenvalue weighted by Crippen LogP contribution is -2.34. The van der Waals surface area contributed by atoms with Gasteiger partial charge in [-0.25, -0.2) is 0 Å². The van der Waals surface area contributed by atoms with Gasteiger partial charge in [0, 0.05) is 0 Å². The van der Waals surface area contributed by atoms with E-state index in [2.05, 4.69) is 42.6 Å². The van der Waals surface area contributed by atoms with Crippen molar-refractivity contribution in [1.82, 2.24) is 5.32 Å². The number of carbonyl (C=O) groups is 1. The van der Waals surface area contributed by atoms with Crippen molar-refractivity contribution in [2.24, 2.45) is 0 Å². The van der Waals surface area contributed by atoms with E-state index in [0.29, 0.717) is 12.8 Å². The van der Waals surface area contributed by atoms with Gasteiger partial charge in [0.1, 0.15) is 5.75 Å². The summed E-state index contributed by atoms with van der Waals surface area (Å²) in [6, 6.07) is 20.2. The van der Waals surface area contributed by atoms with Gasteiger partial charge in [0.15, 0.2) is 0 Å². The van der Waals surface area contributed by atoms with E-state index < -0.39 is 8.60 Å². The first kappa shape index (κ1) is 23.8. The molecule has 1 unspecified atom stereocenters. The van der Waals surface area contributed by atoms with Gasteiger partial charge in [0.25, 0.3) is 0 Å². The Bertz CT molecular complexity index is 948. The van der Waals surface area contributed by atoms with Gasteiger partial charge in [-0.05, 0) is 48.7 Å². The van der Waals surface area contributed by atoms with Gasteiger partial charge in [0.2, 0.25) is 6.41 Å². The van der Waals surface area contributed by atoms with Crippen LogP contribution in [-0.4, -0.2) is 36.0 Å². The molecule has 0 radical (unpaired) electrons. The first-order chi connectivity index (χ1) is 14.4. The summed E-state index contributed by atoms with van der Waals surface area (Å²) in [6.45, 7) is 4.16. The highest BCUT2D eigenvalue weighted by Gasteiger charge is 2.11. The number of benzene rings is 3. The molecule has 3 rings (SSSR count). The van der Waals surface area contributed by atoms with Crippen LogP contribution in [0, 0.1) is 13.8 Å². The van der Waals surface area contributed by atoms with Gasteiger partial charge in [-0.3, -0.25) is 4.79 Å². The fraction of sp³-hybridized carbons (Fsp3) is 0.261. The van der Waals surface area contributed by atoms with Crippen LogP contribution in [0.15, 0.2) is 60.7 Å². The summed E-state index contributed by atoms with van der Waals surface area (Å²) in [5, 5.41) is 5.08. The molecule has 7 heteroatoms. The molecule has 0 aromatic heterocycles. The Morgan fingerprint density at radius 2 is 1.70 bits per heavy atom. The van der Waals surface area contributed by atoms with Crippen LogP contribution in [0.25, 0.3) is 10.8 Å². The number of carbonyl (C=O) groups excluding carboxylic acids is 1. The third-order valence-electron chi connectivity index (χ3n) is 4.46. The van der Waals surface area contributed by atoms with E-state index in [9.17, 15) is 4.79 Å². The summed E-state index contributed by atoms with van der Waals surface area (Å²) < 4.78 is 9.87. The van der Waals surface area contributed by atoms with Crippen LogP contribution in [0.5, 0.6) is 5.75 Å². The van der Waals surface area contributed by atoms with Crippen molar-refractivity contribution in [3.8, 4) is 5.75 Å². The Morgan fingerprint density at radius 1 is 1.00 bits per heavy atom. The highest BCUT2D eigenvalue weighted by Crippen LogP contribution is 2.24. The second-order valence-corrected chi connectivity index (χ2v) is 7.70. The van der Waals surface area contributed by atoms with Crippen molar-refractivity contribution in [2.75, 3.05) is 13.7 Å². The molecule has 0 bridgehead atoms. The zero-order chi connectivity index (χ0) is 21.9. The average molecular weight is 429 g/mol. The molecule has 3 N–H and O–H groups in total. The van der Waals surface area contributed by atoms with Crippen LogP contribution in [0.3, 0.4) is 0 Å². The van der Waals surface area contributed by atoms with Crippen LogP contribution in [0.4, 0.5) is 0 Å². The Hall–Kier alpha value is -2.50. The van der Waals surface area contributed by atoms with Crippen molar-refractivity contribution in [2.45, 2.75) is 26.3 Å². The molecule has 0 saturated carbocycles. The zero-order valence-electron chi connectivity index (χ0n) is 17.4. The minimum atomic E-state index is -2.38. The molecule has 0 fully saturated rings. The lowest BCUT2D eigenvalue weighted by Gasteiger charge is -2.16.